The molecule has 0 aliphatic carbocycles. The van der Waals surface area contributed by atoms with E-state index in [9.17, 15) is 4.79 Å². The highest BCUT2D eigenvalue weighted by atomic mass is 16.4. The van der Waals surface area contributed by atoms with Crippen molar-refractivity contribution < 1.29 is 9.90 Å². The zero-order valence-corrected chi connectivity index (χ0v) is 12.4. The van der Waals surface area contributed by atoms with E-state index in [2.05, 4.69) is 19.1 Å². The summed E-state index contributed by atoms with van der Waals surface area (Å²) in [6, 6.07) is 8.27. The molecule has 1 rings (SSSR count). The van der Waals surface area contributed by atoms with Gasteiger partial charge in [-0.05, 0) is 35.0 Å². The summed E-state index contributed by atoms with van der Waals surface area (Å²) in [6.45, 7) is 8.29. The molecule has 1 N–H and O–H groups in total. The Bertz CT molecular complexity index is 447. The lowest BCUT2D eigenvalue weighted by molar-refractivity contribution is -0.131. The van der Waals surface area contributed by atoms with Gasteiger partial charge in [0, 0.05) is 6.08 Å². The Kier molecular flexibility index (Phi) is 5.34. The standard InChI is InChI=1S/C17H24O2/c1-5-6-7-13-8-10-14(11-9-13)15(12-16(18)19)17(2,3)4/h8-12H,5-7H2,1-4H3,(H,18,19)/b15-12-. The van der Waals surface area contributed by atoms with Gasteiger partial charge in [0.15, 0.2) is 0 Å². The first-order chi connectivity index (χ1) is 8.84. The molecule has 0 radical (unpaired) electrons. The summed E-state index contributed by atoms with van der Waals surface area (Å²) in [5, 5.41) is 9.00. The fourth-order valence-electron chi connectivity index (χ4n) is 2.09. The second kappa shape index (κ2) is 6.55. The number of hydrogen-bond acceptors (Lipinski definition) is 1. The van der Waals surface area contributed by atoms with Gasteiger partial charge >= 0.3 is 5.97 Å². The van der Waals surface area contributed by atoms with Gasteiger partial charge < -0.3 is 5.11 Å². The lowest BCUT2D eigenvalue weighted by Crippen LogP contribution is -2.10. The van der Waals surface area contributed by atoms with Gasteiger partial charge in [0.2, 0.25) is 0 Å². The molecule has 0 aliphatic heterocycles. The van der Waals surface area contributed by atoms with Crippen LogP contribution in [0.15, 0.2) is 30.3 Å². The topological polar surface area (TPSA) is 37.3 Å². The molecule has 0 saturated heterocycles. The Morgan fingerprint density at radius 1 is 1.21 bits per heavy atom. The van der Waals surface area contributed by atoms with Crippen LogP contribution in [0.5, 0.6) is 0 Å². The molecule has 19 heavy (non-hydrogen) atoms. The normalized spacial score (nSPS) is 12.5. The Morgan fingerprint density at radius 2 is 1.79 bits per heavy atom. The number of carboxylic acid groups (broad SMARTS) is 1. The molecule has 0 bridgehead atoms. The van der Waals surface area contributed by atoms with Crippen LogP contribution in [0.1, 0.15) is 51.7 Å². The molecule has 1 aromatic carbocycles. The molecular weight excluding hydrogens is 236 g/mol. The van der Waals surface area contributed by atoms with Crippen LogP contribution in [0.2, 0.25) is 0 Å². The number of allylic oxidation sites excluding steroid dienone is 1. The number of aryl methyl sites for hydroxylation is 1. The van der Waals surface area contributed by atoms with E-state index in [1.54, 1.807) is 0 Å². The molecule has 0 unspecified atom stereocenters. The van der Waals surface area contributed by atoms with E-state index in [0.717, 1.165) is 17.6 Å². The maximum atomic E-state index is 11.0. The quantitative estimate of drug-likeness (QED) is 0.789. The van der Waals surface area contributed by atoms with Gasteiger partial charge in [-0.3, -0.25) is 0 Å². The van der Waals surface area contributed by atoms with E-state index >= 15 is 0 Å². The summed E-state index contributed by atoms with van der Waals surface area (Å²) in [5.74, 6) is -0.889. The molecule has 0 amide bonds. The summed E-state index contributed by atoms with van der Waals surface area (Å²) in [5.41, 5.74) is 3.00. The van der Waals surface area contributed by atoms with Gasteiger partial charge in [-0.1, -0.05) is 58.4 Å². The summed E-state index contributed by atoms with van der Waals surface area (Å²) in [7, 11) is 0. The van der Waals surface area contributed by atoms with Gasteiger partial charge in [0.25, 0.3) is 0 Å². The molecule has 0 aromatic heterocycles. The highest BCUT2D eigenvalue weighted by Crippen LogP contribution is 2.34. The lowest BCUT2D eigenvalue weighted by atomic mass is 9.81. The van der Waals surface area contributed by atoms with Crippen LogP contribution in [0.3, 0.4) is 0 Å². The van der Waals surface area contributed by atoms with Crippen molar-refractivity contribution in [2.75, 3.05) is 0 Å². The monoisotopic (exact) mass is 260 g/mol. The van der Waals surface area contributed by atoms with Crippen LogP contribution in [-0.2, 0) is 11.2 Å². The molecule has 0 heterocycles. The molecule has 2 nitrogen and oxygen atoms in total. The van der Waals surface area contributed by atoms with Gasteiger partial charge in [-0.2, -0.15) is 0 Å². The summed E-state index contributed by atoms with van der Waals surface area (Å²) >= 11 is 0. The third-order valence-corrected chi connectivity index (χ3v) is 3.16. The third kappa shape index (κ3) is 4.90. The molecule has 0 fully saturated rings. The number of carboxylic acids is 1. The predicted molar refractivity (Wildman–Crippen MR) is 80.1 cm³/mol. The number of benzene rings is 1. The van der Waals surface area contributed by atoms with Crippen molar-refractivity contribution >= 4 is 11.5 Å². The average molecular weight is 260 g/mol. The molecule has 0 saturated carbocycles. The van der Waals surface area contributed by atoms with Crippen LogP contribution in [0.4, 0.5) is 0 Å². The van der Waals surface area contributed by atoms with Crippen LogP contribution < -0.4 is 0 Å². The molecule has 0 spiro atoms. The van der Waals surface area contributed by atoms with Crippen molar-refractivity contribution in [3.05, 3.63) is 41.5 Å². The Labute approximate surface area is 116 Å². The van der Waals surface area contributed by atoms with Crippen molar-refractivity contribution in [2.45, 2.75) is 47.0 Å². The summed E-state index contributed by atoms with van der Waals surface area (Å²) < 4.78 is 0. The Balaban J connectivity index is 3.02. The SMILES string of the molecule is CCCCc1ccc(/C(=C/C(=O)O)C(C)(C)C)cc1. The summed E-state index contributed by atoms with van der Waals surface area (Å²) in [4.78, 5) is 11.0. The highest BCUT2D eigenvalue weighted by Gasteiger charge is 2.19. The first-order valence-electron chi connectivity index (χ1n) is 6.89. The minimum absolute atomic E-state index is 0.177. The molecule has 0 atom stereocenters. The molecule has 104 valence electrons. The fourth-order valence-corrected chi connectivity index (χ4v) is 2.09. The second-order valence-corrected chi connectivity index (χ2v) is 5.95. The first-order valence-corrected chi connectivity index (χ1v) is 6.89. The van der Waals surface area contributed by atoms with E-state index in [4.69, 9.17) is 5.11 Å². The zero-order chi connectivity index (χ0) is 14.5. The van der Waals surface area contributed by atoms with Gasteiger partial charge in [0.05, 0.1) is 0 Å². The van der Waals surface area contributed by atoms with Gasteiger partial charge in [-0.25, -0.2) is 4.79 Å². The second-order valence-electron chi connectivity index (χ2n) is 5.95. The van der Waals surface area contributed by atoms with E-state index in [1.165, 1.54) is 24.5 Å². The van der Waals surface area contributed by atoms with E-state index in [-0.39, 0.29) is 5.41 Å². The molecule has 2 heteroatoms. The van der Waals surface area contributed by atoms with Crippen LogP contribution in [0.25, 0.3) is 5.57 Å². The van der Waals surface area contributed by atoms with Crippen molar-refractivity contribution in [1.29, 1.82) is 0 Å². The van der Waals surface area contributed by atoms with Crippen LogP contribution >= 0.6 is 0 Å². The maximum absolute atomic E-state index is 11.0. The van der Waals surface area contributed by atoms with Crippen molar-refractivity contribution in [3.8, 4) is 0 Å². The number of unbranched alkanes of at least 4 members (excludes halogenated alkanes) is 1. The van der Waals surface area contributed by atoms with Crippen molar-refractivity contribution in [2.24, 2.45) is 5.41 Å². The lowest BCUT2D eigenvalue weighted by Gasteiger charge is -2.23. The van der Waals surface area contributed by atoms with Gasteiger partial charge in [0.1, 0.15) is 0 Å². The molecule has 1 aromatic rings. The Morgan fingerprint density at radius 3 is 2.21 bits per heavy atom. The zero-order valence-electron chi connectivity index (χ0n) is 12.4. The van der Waals surface area contributed by atoms with E-state index in [1.807, 2.05) is 32.9 Å². The third-order valence-electron chi connectivity index (χ3n) is 3.16. The maximum Gasteiger partial charge on any atom is 0.328 e. The first kappa shape index (κ1) is 15.5. The van der Waals surface area contributed by atoms with E-state index in [0.29, 0.717) is 0 Å². The number of carbonyl (C=O) groups is 1. The van der Waals surface area contributed by atoms with Crippen LogP contribution in [-0.4, -0.2) is 11.1 Å². The predicted octanol–water partition coefficient (Wildman–Crippen LogP) is 4.54. The number of rotatable bonds is 5. The van der Waals surface area contributed by atoms with Crippen molar-refractivity contribution in [3.63, 3.8) is 0 Å². The largest absolute Gasteiger partial charge is 0.478 e. The number of aliphatic carboxylic acids is 1. The minimum Gasteiger partial charge on any atom is -0.478 e. The van der Waals surface area contributed by atoms with Crippen LogP contribution in [0, 0.1) is 5.41 Å². The van der Waals surface area contributed by atoms with E-state index < -0.39 is 5.97 Å². The van der Waals surface area contributed by atoms with Crippen molar-refractivity contribution in [1.82, 2.24) is 0 Å². The highest BCUT2D eigenvalue weighted by molar-refractivity contribution is 5.91. The molecule has 0 aliphatic rings. The minimum atomic E-state index is -0.889. The molecular formula is C17H24O2. The average Bonchev–Trinajstić information content (AvgIpc) is 2.33. The fraction of sp³-hybridized carbons (Fsp3) is 0.471. The Hall–Kier alpha value is -1.57. The smallest absolute Gasteiger partial charge is 0.328 e. The summed E-state index contributed by atoms with van der Waals surface area (Å²) in [6.07, 6.45) is 4.79. The number of hydrogen-bond donors (Lipinski definition) is 1. The van der Waals surface area contributed by atoms with Gasteiger partial charge in [-0.15, -0.1) is 0 Å².